The second-order valence-electron chi connectivity index (χ2n) is 7.42. The van der Waals surface area contributed by atoms with Crippen molar-refractivity contribution in [3.05, 3.63) is 53.6 Å². The predicted octanol–water partition coefficient (Wildman–Crippen LogP) is 2.53. The van der Waals surface area contributed by atoms with Gasteiger partial charge in [0.05, 0.1) is 12.2 Å². The summed E-state index contributed by atoms with van der Waals surface area (Å²) in [6.07, 6.45) is 9.25. The number of aromatic nitrogens is 4. The summed E-state index contributed by atoms with van der Waals surface area (Å²) in [7, 11) is 0. The van der Waals surface area contributed by atoms with E-state index >= 15 is 0 Å². The first kappa shape index (κ1) is 16.2. The van der Waals surface area contributed by atoms with Crippen LogP contribution < -0.4 is 10.2 Å². The molecular weight excluding hydrogens is 340 g/mol. The van der Waals surface area contributed by atoms with Gasteiger partial charge in [-0.3, -0.25) is 9.78 Å². The van der Waals surface area contributed by atoms with E-state index in [1.165, 1.54) is 5.56 Å². The molecule has 7 heteroatoms. The van der Waals surface area contributed by atoms with Gasteiger partial charge >= 0.3 is 0 Å². The molecule has 3 aromatic heterocycles. The lowest BCUT2D eigenvalue weighted by Gasteiger charge is -2.27. The third kappa shape index (κ3) is 2.74. The molecule has 1 fully saturated rings. The highest BCUT2D eigenvalue weighted by Gasteiger charge is 2.30. The maximum Gasteiger partial charge on any atom is 0.256 e. The highest BCUT2D eigenvalue weighted by Crippen LogP contribution is 2.37. The molecule has 27 heavy (non-hydrogen) atoms. The molecule has 0 spiro atoms. The van der Waals surface area contributed by atoms with E-state index in [4.69, 9.17) is 4.98 Å². The summed E-state index contributed by atoms with van der Waals surface area (Å²) < 4.78 is 1.67. The molecule has 0 saturated carbocycles. The monoisotopic (exact) mass is 362 g/mol. The number of nitrogens with zero attached hydrogens (tertiary/aromatic N) is 5. The SMILES string of the molecule is C[C@H]1CCc2ncccc2[C@H]2CCCN2c2ccn3ncc(c3n2)C(=O)N1. The first-order valence-electron chi connectivity index (χ1n) is 9.56. The molecule has 1 N–H and O–H groups in total. The lowest BCUT2D eigenvalue weighted by Crippen LogP contribution is -2.33. The number of fused-ring (bicyclic) bond motifs is 5. The number of pyridine rings is 1. The Kier molecular flexibility index (Phi) is 3.81. The molecule has 2 aliphatic heterocycles. The van der Waals surface area contributed by atoms with Gasteiger partial charge < -0.3 is 10.2 Å². The normalized spacial score (nSPS) is 22.6. The van der Waals surface area contributed by atoms with Crippen LogP contribution in [0.25, 0.3) is 5.65 Å². The van der Waals surface area contributed by atoms with Gasteiger partial charge in [-0.2, -0.15) is 5.10 Å². The molecule has 0 unspecified atom stereocenters. The number of anilines is 1. The van der Waals surface area contributed by atoms with Crippen molar-refractivity contribution >= 4 is 17.4 Å². The molecule has 5 heterocycles. The van der Waals surface area contributed by atoms with E-state index in [1.807, 2.05) is 31.5 Å². The van der Waals surface area contributed by atoms with Crippen LogP contribution in [0, 0.1) is 0 Å². The third-order valence-electron chi connectivity index (χ3n) is 5.62. The van der Waals surface area contributed by atoms with Crippen molar-refractivity contribution in [3.63, 3.8) is 0 Å². The summed E-state index contributed by atoms with van der Waals surface area (Å²) in [5, 5.41) is 7.38. The van der Waals surface area contributed by atoms with E-state index in [9.17, 15) is 4.79 Å². The largest absolute Gasteiger partial charge is 0.349 e. The van der Waals surface area contributed by atoms with Gasteiger partial charge in [-0.05, 0) is 50.3 Å². The van der Waals surface area contributed by atoms with E-state index in [0.29, 0.717) is 11.2 Å². The zero-order valence-corrected chi connectivity index (χ0v) is 15.3. The zero-order chi connectivity index (χ0) is 18.4. The maximum absolute atomic E-state index is 12.7. The summed E-state index contributed by atoms with van der Waals surface area (Å²) in [6.45, 7) is 2.99. The van der Waals surface area contributed by atoms with E-state index < -0.39 is 0 Å². The van der Waals surface area contributed by atoms with Crippen molar-refractivity contribution in [2.45, 2.75) is 44.7 Å². The van der Waals surface area contributed by atoms with Crippen molar-refractivity contribution in [2.75, 3.05) is 11.4 Å². The van der Waals surface area contributed by atoms with Crippen molar-refractivity contribution < 1.29 is 4.79 Å². The molecule has 5 rings (SSSR count). The Morgan fingerprint density at radius 2 is 2.19 bits per heavy atom. The van der Waals surface area contributed by atoms with Crippen molar-refractivity contribution in [2.24, 2.45) is 0 Å². The van der Waals surface area contributed by atoms with Gasteiger partial charge in [0.2, 0.25) is 0 Å². The van der Waals surface area contributed by atoms with Gasteiger partial charge in [0.1, 0.15) is 11.4 Å². The van der Waals surface area contributed by atoms with Crippen LogP contribution in [0.15, 0.2) is 36.8 Å². The molecule has 2 aliphatic rings. The number of carbonyl (C=O) groups is 1. The topological polar surface area (TPSA) is 75.4 Å². The summed E-state index contributed by atoms with van der Waals surface area (Å²) in [5.41, 5.74) is 3.53. The Hall–Kier alpha value is -2.96. The highest BCUT2D eigenvalue weighted by atomic mass is 16.1. The Morgan fingerprint density at radius 1 is 1.26 bits per heavy atom. The van der Waals surface area contributed by atoms with Crippen LogP contribution in [0.4, 0.5) is 5.82 Å². The second kappa shape index (κ2) is 6.33. The number of aryl methyl sites for hydroxylation is 1. The fourth-order valence-electron chi connectivity index (χ4n) is 4.23. The van der Waals surface area contributed by atoms with Crippen molar-refractivity contribution in [1.29, 1.82) is 0 Å². The molecule has 2 bridgehead atoms. The fourth-order valence-corrected chi connectivity index (χ4v) is 4.23. The number of amides is 1. The van der Waals surface area contributed by atoms with Crippen LogP contribution in [-0.4, -0.2) is 38.1 Å². The van der Waals surface area contributed by atoms with Crippen molar-refractivity contribution in [3.8, 4) is 0 Å². The molecule has 1 amide bonds. The smallest absolute Gasteiger partial charge is 0.256 e. The minimum atomic E-state index is -0.124. The number of hydrogen-bond acceptors (Lipinski definition) is 5. The van der Waals surface area contributed by atoms with Gasteiger partial charge in [0.25, 0.3) is 5.91 Å². The zero-order valence-electron chi connectivity index (χ0n) is 15.3. The third-order valence-corrected chi connectivity index (χ3v) is 5.62. The minimum absolute atomic E-state index is 0.0472. The minimum Gasteiger partial charge on any atom is -0.349 e. The van der Waals surface area contributed by atoms with Crippen LogP contribution in [0.5, 0.6) is 0 Å². The Labute approximate surface area is 157 Å². The van der Waals surface area contributed by atoms with E-state index in [1.54, 1.807) is 10.7 Å². The Morgan fingerprint density at radius 3 is 3.11 bits per heavy atom. The molecule has 0 radical (unpaired) electrons. The summed E-state index contributed by atoms with van der Waals surface area (Å²) in [6, 6.07) is 6.51. The van der Waals surface area contributed by atoms with Gasteiger partial charge in [-0.25, -0.2) is 9.50 Å². The van der Waals surface area contributed by atoms with Gasteiger partial charge in [-0.15, -0.1) is 0 Å². The molecule has 0 aliphatic carbocycles. The number of nitrogens with one attached hydrogen (secondary N) is 1. The van der Waals surface area contributed by atoms with Crippen LogP contribution in [0.1, 0.15) is 53.8 Å². The lowest BCUT2D eigenvalue weighted by atomic mass is 9.98. The van der Waals surface area contributed by atoms with Crippen LogP contribution >= 0.6 is 0 Å². The van der Waals surface area contributed by atoms with Crippen molar-refractivity contribution in [1.82, 2.24) is 24.9 Å². The van der Waals surface area contributed by atoms with E-state index in [2.05, 4.69) is 26.4 Å². The van der Waals surface area contributed by atoms with Crippen LogP contribution in [0.2, 0.25) is 0 Å². The van der Waals surface area contributed by atoms with Gasteiger partial charge in [0.15, 0.2) is 5.65 Å². The number of carbonyl (C=O) groups excluding carboxylic acids is 1. The Bertz CT molecular complexity index is 1010. The molecule has 7 nitrogen and oxygen atoms in total. The summed E-state index contributed by atoms with van der Waals surface area (Å²) in [5.74, 6) is 0.766. The molecule has 2 atom stereocenters. The Balaban J connectivity index is 1.68. The molecular formula is C20H22N6O. The lowest BCUT2D eigenvalue weighted by molar-refractivity contribution is 0.0940. The first-order valence-corrected chi connectivity index (χ1v) is 9.56. The molecule has 0 aromatic carbocycles. The molecule has 138 valence electrons. The predicted molar refractivity (Wildman–Crippen MR) is 102 cm³/mol. The first-order chi connectivity index (χ1) is 13.2. The maximum atomic E-state index is 12.7. The molecule has 1 saturated heterocycles. The quantitative estimate of drug-likeness (QED) is 0.665. The number of hydrogen-bond donors (Lipinski definition) is 1. The highest BCUT2D eigenvalue weighted by molar-refractivity contribution is 5.99. The average Bonchev–Trinajstić information content (AvgIpc) is 3.32. The summed E-state index contributed by atoms with van der Waals surface area (Å²) >= 11 is 0. The van der Waals surface area contributed by atoms with Crippen LogP contribution in [-0.2, 0) is 6.42 Å². The second-order valence-corrected chi connectivity index (χ2v) is 7.42. The number of rotatable bonds is 0. The fraction of sp³-hybridized carbons (Fsp3) is 0.400. The van der Waals surface area contributed by atoms with E-state index in [-0.39, 0.29) is 18.0 Å². The van der Waals surface area contributed by atoms with Gasteiger partial charge in [-0.1, -0.05) is 6.07 Å². The average molecular weight is 362 g/mol. The van der Waals surface area contributed by atoms with Crippen LogP contribution in [0.3, 0.4) is 0 Å². The van der Waals surface area contributed by atoms with E-state index in [0.717, 1.165) is 43.7 Å². The summed E-state index contributed by atoms with van der Waals surface area (Å²) in [4.78, 5) is 24.6. The van der Waals surface area contributed by atoms with Gasteiger partial charge in [0, 0.05) is 30.7 Å². The standard InChI is InChI=1S/C20H22N6O/c1-13-6-7-16-14(4-2-9-21-16)17-5-3-10-25(17)18-8-11-26-19(24-18)15(12-22-26)20(27)23-13/h2,4,8-9,11-13,17H,3,5-7,10H2,1H3,(H,23,27)/t13-,17+/m0/s1. The molecule has 3 aromatic rings.